The number of nitrogens with one attached hydrogen (secondary N) is 1. The monoisotopic (exact) mass is 278 g/mol. The van der Waals surface area contributed by atoms with Gasteiger partial charge in [-0.15, -0.1) is 0 Å². The van der Waals surface area contributed by atoms with Crippen molar-refractivity contribution in [3.05, 3.63) is 35.9 Å². The van der Waals surface area contributed by atoms with Crippen molar-refractivity contribution in [2.45, 2.75) is 38.3 Å². The molecule has 1 amide bonds. The number of aliphatic hydroxyl groups is 1. The van der Waals surface area contributed by atoms with Gasteiger partial charge in [-0.25, -0.2) is 0 Å². The summed E-state index contributed by atoms with van der Waals surface area (Å²) in [6.07, 6.45) is 0.968. The predicted molar refractivity (Wildman–Crippen MR) is 81.4 cm³/mol. The highest BCUT2D eigenvalue weighted by atomic mass is 16.3. The first kappa shape index (κ1) is 16.7. The van der Waals surface area contributed by atoms with Gasteiger partial charge in [-0.1, -0.05) is 30.3 Å². The number of nitrogens with zero attached hydrogens (tertiary/aromatic N) is 1. The van der Waals surface area contributed by atoms with Crippen molar-refractivity contribution >= 4 is 5.91 Å². The van der Waals surface area contributed by atoms with Gasteiger partial charge in [0.1, 0.15) is 0 Å². The van der Waals surface area contributed by atoms with Crippen molar-refractivity contribution in [2.75, 3.05) is 20.6 Å². The summed E-state index contributed by atoms with van der Waals surface area (Å²) in [6.45, 7) is 4.58. The fraction of sp³-hybridized carbons (Fsp3) is 0.562. The van der Waals surface area contributed by atoms with E-state index in [4.69, 9.17) is 0 Å². The quantitative estimate of drug-likeness (QED) is 0.799. The van der Waals surface area contributed by atoms with E-state index in [2.05, 4.69) is 10.2 Å². The van der Waals surface area contributed by atoms with Crippen LogP contribution in [0.1, 0.15) is 32.3 Å². The maximum absolute atomic E-state index is 12.0. The molecule has 4 heteroatoms. The van der Waals surface area contributed by atoms with Crippen LogP contribution in [0, 0.1) is 0 Å². The molecule has 0 spiro atoms. The second kappa shape index (κ2) is 7.41. The second-order valence-corrected chi connectivity index (χ2v) is 5.88. The lowest BCUT2D eigenvalue weighted by Crippen LogP contribution is -2.38. The summed E-state index contributed by atoms with van der Waals surface area (Å²) in [5, 5.41) is 13.4. The van der Waals surface area contributed by atoms with Crippen molar-refractivity contribution in [3.8, 4) is 0 Å². The summed E-state index contributed by atoms with van der Waals surface area (Å²) in [5.41, 5.74) is -0.372. The Hall–Kier alpha value is -1.39. The van der Waals surface area contributed by atoms with E-state index in [9.17, 15) is 9.90 Å². The molecular formula is C16H26N2O2. The van der Waals surface area contributed by atoms with Crippen LogP contribution >= 0.6 is 0 Å². The number of amides is 1. The maximum Gasteiger partial charge on any atom is 0.223 e. The van der Waals surface area contributed by atoms with Crippen LogP contribution in [0.25, 0.3) is 0 Å². The molecular weight excluding hydrogens is 252 g/mol. The van der Waals surface area contributed by atoms with Gasteiger partial charge in [0, 0.05) is 6.04 Å². The molecule has 0 bridgehead atoms. The minimum atomic E-state index is -1.13. The SMILES string of the molecule is CC(CCN(C)C)NC(=O)CC(C)(O)c1ccccc1. The Kier molecular flexibility index (Phi) is 6.17. The van der Waals surface area contributed by atoms with Crippen LogP contribution in [0.5, 0.6) is 0 Å². The Bertz CT molecular complexity index is 416. The van der Waals surface area contributed by atoms with Gasteiger partial charge in [0.15, 0.2) is 0 Å². The summed E-state index contributed by atoms with van der Waals surface area (Å²) in [7, 11) is 4.02. The molecule has 1 aromatic carbocycles. The summed E-state index contributed by atoms with van der Waals surface area (Å²) in [6, 6.07) is 9.40. The molecule has 2 N–H and O–H groups in total. The summed E-state index contributed by atoms with van der Waals surface area (Å²) in [5.74, 6) is -0.120. The molecule has 0 saturated carbocycles. The topological polar surface area (TPSA) is 52.6 Å². The number of hydrogen-bond donors (Lipinski definition) is 2. The Labute approximate surface area is 121 Å². The van der Waals surface area contributed by atoms with Crippen molar-refractivity contribution in [1.29, 1.82) is 0 Å². The first-order valence-corrected chi connectivity index (χ1v) is 7.03. The molecule has 0 fully saturated rings. The summed E-state index contributed by atoms with van der Waals surface area (Å²) < 4.78 is 0. The molecule has 2 unspecified atom stereocenters. The molecule has 0 aliphatic heterocycles. The smallest absolute Gasteiger partial charge is 0.223 e. The van der Waals surface area contributed by atoms with E-state index in [1.165, 1.54) is 0 Å². The lowest BCUT2D eigenvalue weighted by molar-refractivity contribution is -0.126. The Morgan fingerprint density at radius 2 is 1.95 bits per heavy atom. The standard InChI is InChI=1S/C16H26N2O2/c1-13(10-11-18(3)4)17-15(19)12-16(2,20)14-8-6-5-7-9-14/h5-9,13,20H,10-12H2,1-4H3,(H,17,19). The highest BCUT2D eigenvalue weighted by Gasteiger charge is 2.26. The highest BCUT2D eigenvalue weighted by Crippen LogP contribution is 2.23. The van der Waals surface area contributed by atoms with Crippen LogP contribution in [0.2, 0.25) is 0 Å². The molecule has 4 nitrogen and oxygen atoms in total. The number of benzene rings is 1. The number of hydrogen-bond acceptors (Lipinski definition) is 3. The van der Waals surface area contributed by atoms with Crippen LogP contribution in [-0.2, 0) is 10.4 Å². The van der Waals surface area contributed by atoms with E-state index < -0.39 is 5.60 Å². The maximum atomic E-state index is 12.0. The molecule has 1 rings (SSSR count). The molecule has 112 valence electrons. The van der Waals surface area contributed by atoms with E-state index in [1.807, 2.05) is 51.4 Å². The van der Waals surface area contributed by atoms with Crippen LogP contribution in [0.4, 0.5) is 0 Å². The molecule has 0 saturated heterocycles. The summed E-state index contributed by atoms with van der Waals surface area (Å²) in [4.78, 5) is 14.1. The Balaban J connectivity index is 2.49. The van der Waals surface area contributed by atoms with Crippen LogP contribution in [0.3, 0.4) is 0 Å². The number of carbonyl (C=O) groups excluding carboxylic acids is 1. The Morgan fingerprint density at radius 1 is 1.35 bits per heavy atom. The molecule has 0 heterocycles. The zero-order chi connectivity index (χ0) is 15.2. The highest BCUT2D eigenvalue weighted by molar-refractivity contribution is 5.77. The normalized spacial score (nSPS) is 15.7. The van der Waals surface area contributed by atoms with Gasteiger partial charge in [-0.3, -0.25) is 4.79 Å². The van der Waals surface area contributed by atoms with E-state index >= 15 is 0 Å². The third-order valence-electron chi connectivity index (χ3n) is 3.32. The lowest BCUT2D eigenvalue weighted by atomic mass is 9.92. The third kappa shape index (κ3) is 5.72. The summed E-state index contributed by atoms with van der Waals surface area (Å²) >= 11 is 0. The van der Waals surface area contributed by atoms with Gasteiger partial charge in [0.05, 0.1) is 12.0 Å². The zero-order valence-electron chi connectivity index (χ0n) is 12.9. The molecule has 1 aromatic rings. The fourth-order valence-electron chi connectivity index (χ4n) is 2.06. The van der Waals surface area contributed by atoms with Gasteiger partial charge in [0.2, 0.25) is 5.91 Å². The predicted octanol–water partition coefficient (Wildman–Crippen LogP) is 1.74. The average molecular weight is 278 g/mol. The Morgan fingerprint density at radius 3 is 2.50 bits per heavy atom. The second-order valence-electron chi connectivity index (χ2n) is 5.88. The van der Waals surface area contributed by atoms with Gasteiger partial charge >= 0.3 is 0 Å². The van der Waals surface area contributed by atoms with Crippen molar-refractivity contribution in [3.63, 3.8) is 0 Å². The van der Waals surface area contributed by atoms with Crippen LogP contribution in [0.15, 0.2) is 30.3 Å². The van der Waals surface area contributed by atoms with E-state index in [0.717, 1.165) is 18.5 Å². The minimum Gasteiger partial charge on any atom is -0.385 e. The van der Waals surface area contributed by atoms with Gasteiger partial charge in [-0.2, -0.15) is 0 Å². The first-order chi connectivity index (χ1) is 9.31. The molecule has 0 radical (unpaired) electrons. The largest absolute Gasteiger partial charge is 0.385 e. The third-order valence-corrected chi connectivity index (χ3v) is 3.32. The van der Waals surface area contributed by atoms with Gasteiger partial charge in [-0.05, 0) is 46.5 Å². The number of carbonyl (C=O) groups is 1. The van der Waals surface area contributed by atoms with Crippen molar-refractivity contribution in [1.82, 2.24) is 10.2 Å². The molecule has 2 atom stereocenters. The van der Waals surface area contributed by atoms with Crippen LogP contribution < -0.4 is 5.32 Å². The first-order valence-electron chi connectivity index (χ1n) is 7.03. The fourth-order valence-corrected chi connectivity index (χ4v) is 2.06. The molecule has 0 aromatic heterocycles. The number of rotatable bonds is 7. The van der Waals surface area contributed by atoms with E-state index in [1.54, 1.807) is 6.92 Å². The van der Waals surface area contributed by atoms with Gasteiger partial charge in [0.25, 0.3) is 0 Å². The molecule has 20 heavy (non-hydrogen) atoms. The zero-order valence-corrected chi connectivity index (χ0v) is 12.9. The molecule has 0 aliphatic carbocycles. The lowest BCUT2D eigenvalue weighted by Gasteiger charge is -2.24. The van der Waals surface area contributed by atoms with E-state index in [0.29, 0.717) is 0 Å². The van der Waals surface area contributed by atoms with Gasteiger partial charge < -0.3 is 15.3 Å². The molecule has 0 aliphatic rings. The minimum absolute atomic E-state index is 0.0727. The average Bonchev–Trinajstić information content (AvgIpc) is 2.36. The van der Waals surface area contributed by atoms with Crippen molar-refractivity contribution < 1.29 is 9.90 Å². The van der Waals surface area contributed by atoms with Crippen molar-refractivity contribution in [2.24, 2.45) is 0 Å². The van der Waals surface area contributed by atoms with E-state index in [-0.39, 0.29) is 18.4 Å². The van der Waals surface area contributed by atoms with Crippen LogP contribution in [-0.4, -0.2) is 42.6 Å².